The Balaban J connectivity index is 1.63. The molecule has 0 fully saturated rings. The van der Waals surface area contributed by atoms with Gasteiger partial charge in [-0.25, -0.2) is 4.68 Å². The van der Waals surface area contributed by atoms with Crippen LogP contribution in [0.1, 0.15) is 11.1 Å². The average Bonchev–Trinajstić information content (AvgIpc) is 3.34. The lowest BCUT2D eigenvalue weighted by Gasteiger charge is -2.16. The Morgan fingerprint density at radius 3 is 2.25 bits per heavy atom. The molecule has 4 aromatic rings. The third-order valence-electron chi connectivity index (χ3n) is 4.52. The average molecular weight is 407 g/mol. The molecule has 4 rings (SSSR count). The van der Waals surface area contributed by atoms with Gasteiger partial charge in [0.1, 0.15) is 0 Å². The molecule has 0 radical (unpaired) electrons. The Morgan fingerprint density at radius 2 is 1.61 bits per heavy atom. The van der Waals surface area contributed by atoms with Crippen molar-refractivity contribution in [3.63, 3.8) is 0 Å². The molecule has 142 valence electrons. The summed E-state index contributed by atoms with van der Waals surface area (Å²) >= 11 is 7.50. The van der Waals surface area contributed by atoms with Crippen molar-refractivity contribution in [1.82, 2.24) is 19.2 Å². The maximum absolute atomic E-state index is 5.81. The summed E-state index contributed by atoms with van der Waals surface area (Å²) in [6, 6.07) is 25.0. The molecular formula is C22H22N4S2. The second kappa shape index (κ2) is 8.65. The summed E-state index contributed by atoms with van der Waals surface area (Å²) < 4.78 is 4.80. The summed E-state index contributed by atoms with van der Waals surface area (Å²) in [4.78, 5) is 3.36. The molecule has 0 saturated carbocycles. The highest BCUT2D eigenvalue weighted by Crippen LogP contribution is 2.24. The highest BCUT2D eigenvalue weighted by atomic mass is 32.1. The normalized spacial score (nSPS) is 11.2. The van der Waals surface area contributed by atoms with Crippen LogP contribution in [0.4, 0.5) is 0 Å². The predicted molar refractivity (Wildman–Crippen MR) is 118 cm³/mol. The molecule has 2 heterocycles. The van der Waals surface area contributed by atoms with Crippen molar-refractivity contribution in [2.75, 3.05) is 7.05 Å². The number of hydrogen-bond acceptors (Lipinski definition) is 4. The second-order valence-electron chi connectivity index (χ2n) is 6.80. The topological polar surface area (TPSA) is 26.0 Å². The Kier molecular flexibility index (Phi) is 5.81. The third-order valence-corrected chi connectivity index (χ3v) is 5.82. The first-order valence-electron chi connectivity index (χ1n) is 9.18. The fourth-order valence-electron chi connectivity index (χ4n) is 3.20. The van der Waals surface area contributed by atoms with Crippen LogP contribution in [0.3, 0.4) is 0 Å². The second-order valence-corrected chi connectivity index (χ2v) is 8.11. The summed E-state index contributed by atoms with van der Waals surface area (Å²) in [6.45, 7) is 2.21. The summed E-state index contributed by atoms with van der Waals surface area (Å²) in [6.07, 6.45) is 0. The number of aromatic nitrogens is 3. The summed E-state index contributed by atoms with van der Waals surface area (Å²) in [5, 5.41) is 6.95. The third kappa shape index (κ3) is 4.30. The molecule has 28 heavy (non-hydrogen) atoms. The van der Waals surface area contributed by atoms with Crippen molar-refractivity contribution >= 4 is 23.6 Å². The van der Waals surface area contributed by atoms with Gasteiger partial charge in [-0.2, -0.15) is 0 Å². The van der Waals surface area contributed by atoms with E-state index in [1.807, 2.05) is 16.8 Å². The van der Waals surface area contributed by atoms with E-state index in [9.17, 15) is 0 Å². The van der Waals surface area contributed by atoms with Gasteiger partial charge >= 0.3 is 0 Å². The van der Waals surface area contributed by atoms with E-state index < -0.39 is 0 Å². The van der Waals surface area contributed by atoms with Crippen LogP contribution >= 0.6 is 23.6 Å². The highest BCUT2D eigenvalue weighted by Gasteiger charge is 2.15. The highest BCUT2D eigenvalue weighted by molar-refractivity contribution is 7.71. The van der Waals surface area contributed by atoms with E-state index >= 15 is 0 Å². The molecule has 0 aliphatic rings. The summed E-state index contributed by atoms with van der Waals surface area (Å²) in [5.41, 5.74) is 2.49. The number of benzene rings is 2. The molecule has 0 amide bonds. The molecule has 0 unspecified atom stereocenters. The molecule has 0 aliphatic carbocycles. The van der Waals surface area contributed by atoms with Gasteiger partial charge in [-0.05, 0) is 41.8 Å². The molecule has 0 spiro atoms. The zero-order chi connectivity index (χ0) is 19.3. The zero-order valence-electron chi connectivity index (χ0n) is 15.7. The molecule has 4 nitrogen and oxygen atoms in total. The minimum absolute atomic E-state index is 0.647. The van der Waals surface area contributed by atoms with Gasteiger partial charge < -0.3 is 0 Å². The summed E-state index contributed by atoms with van der Waals surface area (Å²) in [5.74, 6) is 0.928. The number of thiophene rings is 1. The number of rotatable bonds is 7. The molecular weight excluding hydrogens is 384 g/mol. The Morgan fingerprint density at radius 1 is 0.929 bits per heavy atom. The van der Waals surface area contributed by atoms with Crippen molar-refractivity contribution < 1.29 is 0 Å². The van der Waals surface area contributed by atoms with E-state index in [0.717, 1.165) is 28.6 Å². The zero-order valence-corrected chi connectivity index (χ0v) is 17.4. The van der Waals surface area contributed by atoms with Crippen molar-refractivity contribution in [3.8, 4) is 10.7 Å². The minimum atomic E-state index is 0.647. The van der Waals surface area contributed by atoms with Gasteiger partial charge in [-0.1, -0.05) is 66.7 Å². The Hall–Kier alpha value is -2.54. The molecule has 6 heteroatoms. The van der Waals surface area contributed by atoms with Crippen molar-refractivity contribution in [3.05, 3.63) is 94.1 Å². The standard InChI is InChI=1S/C22H22N4S2/c1-24(15-18-9-4-2-5-10-18)17-26-22(27)25(16-19-11-6-3-7-12-19)21(23-26)20-13-8-14-28-20/h2-14H,15-17H2,1H3. The molecule has 2 aromatic carbocycles. The van der Waals surface area contributed by atoms with E-state index in [-0.39, 0.29) is 0 Å². The molecule has 2 aromatic heterocycles. The first kappa shape index (κ1) is 18.8. The Bertz CT molecular complexity index is 1070. The van der Waals surface area contributed by atoms with E-state index in [0.29, 0.717) is 6.67 Å². The lowest BCUT2D eigenvalue weighted by molar-refractivity contribution is 0.244. The molecule has 0 N–H and O–H groups in total. The molecule has 0 atom stereocenters. The van der Waals surface area contributed by atoms with Gasteiger partial charge in [-0.15, -0.1) is 16.4 Å². The van der Waals surface area contributed by atoms with Crippen molar-refractivity contribution in [1.29, 1.82) is 0 Å². The van der Waals surface area contributed by atoms with E-state index in [2.05, 4.69) is 82.6 Å². The first-order chi connectivity index (χ1) is 13.7. The van der Waals surface area contributed by atoms with Gasteiger partial charge in [0.2, 0.25) is 0 Å². The van der Waals surface area contributed by atoms with Crippen LogP contribution in [0.5, 0.6) is 0 Å². The van der Waals surface area contributed by atoms with Gasteiger partial charge in [0.25, 0.3) is 0 Å². The Labute approximate surface area is 174 Å². The molecule has 0 aliphatic heterocycles. The summed E-state index contributed by atoms with van der Waals surface area (Å²) in [7, 11) is 2.09. The smallest absolute Gasteiger partial charge is 0.199 e. The van der Waals surface area contributed by atoms with Crippen LogP contribution < -0.4 is 0 Å². The SMILES string of the molecule is CN(Cc1ccccc1)Cn1nc(-c2cccs2)n(Cc2ccccc2)c1=S. The van der Waals surface area contributed by atoms with Crippen LogP contribution in [0.15, 0.2) is 78.2 Å². The van der Waals surface area contributed by atoms with Gasteiger partial charge in [0.05, 0.1) is 18.1 Å². The van der Waals surface area contributed by atoms with Gasteiger partial charge in [-0.3, -0.25) is 9.47 Å². The van der Waals surface area contributed by atoms with E-state index in [1.54, 1.807) is 11.3 Å². The van der Waals surface area contributed by atoms with Crippen LogP contribution in [0.25, 0.3) is 10.7 Å². The quantitative estimate of drug-likeness (QED) is 0.391. The minimum Gasteiger partial charge on any atom is -0.295 e. The van der Waals surface area contributed by atoms with Gasteiger partial charge in [0, 0.05) is 6.54 Å². The number of hydrogen-bond donors (Lipinski definition) is 0. The monoisotopic (exact) mass is 406 g/mol. The van der Waals surface area contributed by atoms with Gasteiger partial charge in [0.15, 0.2) is 10.6 Å². The maximum atomic E-state index is 5.81. The lowest BCUT2D eigenvalue weighted by atomic mass is 10.2. The van der Waals surface area contributed by atoms with E-state index in [4.69, 9.17) is 17.3 Å². The maximum Gasteiger partial charge on any atom is 0.199 e. The first-order valence-corrected chi connectivity index (χ1v) is 10.5. The number of nitrogens with zero attached hydrogens (tertiary/aromatic N) is 4. The van der Waals surface area contributed by atoms with Crippen molar-refractivity contribution in [2.24, 2.45) is 0 Å². The van der Waals surface area contributed by atoms with Crippen molar-refractivity contribution in [2.45, 2.75) is 19.8 Å². The van der Waals surface area contributed by atoms with Crippen LogP contribution in [0, 0.1) is 4.77 Å². The van der Waals surface area contributed by atoms with Crippen LogP contribution in [-0.4, -0.2) is 26.3 Å². The predicted octanol–water partition coefficient (Wildman–Crippen LogP) is 5.28. The largest absolute Gasteiger partial charge is 0.295 e. The van der Waals surface area contributed by atoms with Crippen LogP contribution in [-0.2, 0) is 19.8 Å². The van der Waals surface area contributed by atoms with Crippen LogP contribution in [0.2, 0.25) is 0 Å². The molecule has 0 bridgehead atoms. The lowest BCUT2D eigenvalue weighted by Crippen LogP contribution is -2.22. The van der Waals surface area contributed by atoms with E-state index in [1.165, 1.54) is 11.1 Å². The molecule has 0 saturated heterocycles. The fourth-order valence-corrected chi connectivity index (χ4v) is 4.17. The fraction of sp³-hybridized carbons (Fsp3) is 0.182.